The van der Waals surface area contributed by atoms with Crippen LogP contribution >= 0.6 is 11.9 Å². The van der Waals surface area contributed by atoms with E-state index >= 15 is 0 Å². The molecule has 2 aliphatic carbocycles. The van der Waals surface area contributed by atoms with Crippen LogP contribution in [0.3, 0.4) is 0 Å². The van der Waals surface area contributed by atoms with Crippen LogP contribution < -0.4 is 32.4 Å². The highest BCUT2D eigenvalue weighted by atomic mass is 32.2. The number of amides is 3. The number of aliphatic hydroxyl groups excluding tert-OH is 1. The topological polar surface area (TPSA) is 208 Å². The van der Waals surface area contributed by atoms with E-state index in [0.29, 0.717) is 23.8 Å². The van der Waals surface area contributed by atoms with Crippen molar-refractivity contribution < 1.29 is 29.0 Å². The number of methoxy groups -OCH3 is 1. The lowest BCUT2D eigenvalue weighted by molar-refractivity contribution is -0.134. The molecule has 2 saturated carbocycles. The second-order valence-corrected chi connectivity index (χ2v) is 11.7. The molecule has 2 fully saturated rings. The Kier molecular flexibility index (Phi) is 12.8. The van der Waals surface area contributed by atoms with Gasteiger partial charge in [0.25, 0.3) is 11.5 Å². The molecule has 236 valence electrons. The number of hydrogen-bond donors (Lipinski definition) is 6. The van der Waals surface area contributed by atoms with E-state index in [1.807, 2.05) is 0 Å². The number of carbonyl (C=O) groups excluding carboxylic acids is 4. The molecule has 0 saturated heterocycles. The van der Waals surface area contributed by atoms with Gasteiger partial charge in [-0.1, -0.05) is 25.8 Å². The van der Waals surface area contributed by atoms with Gasteiger partial charge in [-0.25, -0.2) is 4.79 Å². The van der Waals surface area contributed by atoms with Crippen LogP contribution in [-0.4, -0.2) is 59.2 Å². The first-order valence-corrected chi connectivity index (χ1v) is 15.3. The molecule has 0 aromatic carbocycles. The Labute approximate surface area is 255 Å². The van der Waals surface area contributed by atoms with Crippen molar-refractivity contribution in [2.45, 2.75) is 70.5 Å². The van der Waals surface area contributed by atoms with E-state index in [1.165, 1.54) is 48.9 Å². The molecular weight excluding hydrogens is 576 g/mol. The van der Waals surface area contributed by atoms with Crippen LogP contribution in [0.1, 0.15) is 51.9 Å². The number of nitrogens with one attached hydrogen (secondary N) is 3. The smallest absolute Gasteiger partial charge is 0.330 e. The minimum Gasteiger partial charge on any atom is -0.466 e. The van der Waals surface area contributed by atoms with E-state index in [9.17, 15) is 29.1 Å². The number of fused-ring (bicyclic) bond motifs is 2. The largest absolute Gasteiger partial charge is 0.466 e. The summed E-state index contributed by atoms with van der Waals surface area (Å²) in [6.07, 6.45) is 10.1. The molecule has 0 aliphatic heterocycles. The average Bonchev–Trinajstić information content (AvgIpc) is 2.98. The number of ether oxygens (including phenoxy) is 1. The fourth-order valence-corrected chi connectivity index (χ4v) is 6.36. The van der Waals surface area contributed by atoms with Crippen molar-refractivity contribution in [1.82, 2.24) is 15.2 Å². The minimum absolute atomic E-state index is 0.0393. The number of carbonyl (C=O) groups is 4. The molecule has 13 nitrogen and oxygen atoms in total. The third kappa shape index (κ3) is 9.43. The molecule has 0 spiro atoms. The maximum absolute atomic E-state index is 13.3. The van der Waals surface area contributed by atoms with Crippen molar-refractivity contribution in [3.8, 4) is 0 Å². The van der Waals surface area contributed by atoms with E-state index in [0.717, 1.165) is 25.2 Å². The first-order chi connectivity index (χ1) is 20.6. The number of nitrogens with zero attached hydrogens (tertiary/aromatic N) is 1. The first kappa shape index (κ1) is 33.9. The van der Waals surface area contributed by atoms with Crippen molar-refractivity contribution in [2.75, 3.05) is 19.0 Å². The van der Waals surface area contributed by atoms with Gasteiger partial charge in [-0.3, -0.25) is 24.3 Å². The molecule has 43 heavy (non-hydrogen) atoms. The van der Waals surface area contributed by atoms with E-state index < -0.39 is 36.0 Å². The zero-order valence-electron chi connectivity index (χ0n) is 24.5. The molecule has 8 N–H and O–H groups in total. The average molecular weight is 619 g/mol. The molecule has 2 aliphatic rings. The number of hydrogen-bond acceptors (Lipinski definition) is 10. The molecule has 14 heteroatoms. The fourth-order valence-electron chi connectivity index (χ4n) is 5.98. The fraction of sp³-hybridized carbons (Fsp3) is 0.552. The van der Waals surface area contributed by atoms with Crippen molar-refractivity contribution in [3.63, 3.8) is 0 Å². The predicted octanol–water partition coefficient (Wildman–Crippen LogP) is 0.882. The molecule has 5 unspecified atom stereocenters. The zero-order valence-corrected chi connectivity index (χ0v) is 25.4. The number of nitrogens with two attached hydrogens (primary N) is 2. The summed E-state index contributed by atoms with van der Waals surface area (Å²) in [4.78, 5) is 63.5. The van der Waals surface area contributed by atoms with Crippen LogP contribution in [-0.2, 0) is 30.5 Å². The molecule has 5 atom stereocenters. The number of pyridine rings is 1. The van der Waals surface area contributed by atoms with Gasteiger partial charge in [-0.05, 0) is 73.9 Å². The maximum atomic E-state index is 13.3. The van der Waals surface area contributed by atoms with Gasteiger partial charge < -0.3 is 36.1 Å². The molecule has 1 aromatic rings. The maximum Gasteiger partial charge on any atom is 0.330 e. The van der Waals surface area contributed by atoms with Gasteiger partial charge in [0, 0.05) is 18.3 Å². The van der Waals surface area contributed by atoms with Gasteiger partial charge in [0.15, 0.2) is 0 Å². The van der Waals surface area contributed by atoms with E-state index in [4.69, 9.17) is 10.9 Å². The number of aromatic nitrogens is 1. The predicted molar refractivity (Wildman–Crippen MR) is 163 cm³/mol. The number of aliphatic hydroxyl groups is 1. The Bertz CT molecular complexity index is 1290. The highest BCUT2D eigenvalue weighted by Gasteiger charge is 2.38. The summed E-state index contributed by atoms with van der Waals surface area (Å²) < 4.78 is 5.77. The quantitative estimate of drug-likeness (QED) is 0.104. The van der Waals surface area contributed by atoms with Gasteiger partial charge in [0.2, 0.25) is 11.8 Å². The molecule has 1 aromatic heterocycles. The van der Waals surface area contributed by atoms with Crippen molar-refractivity contribution >= 4 is 41.3 Å². The molecule has 3 rings (SSSR count). The van der Waals surface area contributed by atoms with Crippen LogP contribution in [0.25, 0.3) is 0 Å². The second kappa shape index (κ2) is 16.3. The van der Waals surface area contributed by atoms with Crippen molar-refractivity contribution in [3.05, 3.63) is 51.4 Å². The summed E-state index contributed by atoms with van der Waals surface area (Å²) in [5.41, 5.74) is 4.83. The number of anilines is 1. The van der Waals surface area contributed by atoms with Crippen LogP contribution in [0, 0.1) is 17.8 Å². The summed E-state index contributed by atoms with van der Waals surface area (Å²) >= 11 is 0.515. The summed E-state index contributed by atoms with van der Waals surface area (Å²) in [6.45, 7) is 1.34. The number of rotatable bonds is 13. The van der Waals surface area contributed by atoms with Crippen LogP contribution in [0.4, 0.5) is 5.69 Å². The lowest BCUT2D eigenvalue weighted by atomic mass is 9.65. The molecule has 0 radical (unpaired) electrons. The molecule has 2 bridgehead atoms. The van der Waals surface area contributed by atoms with Gasteiger partial charge in [-0.2, -0.15) is 0 Å². The monoisotopic (exact) mass is 618 g/mol. The summed E-state index contributed by atoms with van der Waals surface area (Å²) in [7, 11) is 1.23. The van der Waals surface area contributed by atoms with E-state index in [1.54, 1.807) is 6.07 Å². The van der Waals surface area contributed by atoms with Crippen LogP contribution in [0.2, 0.25) is 0 Å². The highest BCUT2D eigenvalue weighted by molar-refractivity contribution is 8.01. The lowest BCUT2D eigenvalue weighted by Gasteiger charge is -2.44. The van der Waals surface area contributed by atoms with Gasteiger partial charge in [0.05, 0.1) is 19.4 Å². The van der Waals surface area contributed by atoms with Crippen LogP contribution in [0.5, 0.6) is 0 Å². The minimum atomic E-state index is -1.17. The molecule has 1 heterocycles. The summed E-state index contributed by atoms with van der Waals surface area (Å²) in [5.74, 6) is -0.819. The van der Waals surface area contributed by atoms with E-state index in [-0.39, 0.29) is 47.6 Å². The van der Waals surface area contributed by atoms with Crippen LogP contribution in [0.15, 0.2) is 45.9 Å². The molecule has 3 amide bonds. The number of allylic oxidation sites excluding steroid dienone is 1. The Morgan fingerprint density at radius 2 is 2.02 bits per heavy atom. The summed E-state index contributed by atoms with van der Waals surface area (Å²) in [6, 6.07) is 1.85. The zero-order chi connectivity index (χ0) is 31.5. The lowest BCUT2D eigenvalue weighted by Crippen LogP contribution is -2.50. The third-order valence-electron chi connectivity index (χ3n) is 8.05. The first-order valence-electron chi connectivity index (χ1n) is 14.4. The van der Waals surface area contributed by atoms with Crippen molar-refractivity contribution in [2.24, 2.45) is 28.6 Å². The Morgan fingerprint density at radius 3 is 2.72 bits per heavy atom. The SMILES string of the molecule is COC(=O)/C=C/CCC(NC(=O)/C(SN)=C(/N)CO)C(=O)Nc1cccn(CC(=O)NC2C(C)CC3CCCC2C3)c1=O. The van der Waals surface area contributed by atoms with Gasteiger partial charge >= 0.3 is 5.97 Å². The Morgan fingerprint density at radius 1 is 1.26 bits per heavy atom. The standard InChI is InChI=1S/C29H42N6O7S/c1-17-13-18-7-5-8-19(14-18)25(17)34-23(37)15-35-12-6-10-22(29(35)41)33-27(39)21(9-3-4-11-24(38)42-2)32-28(40)26(43-31)20(30)16-36/h4,6,10-12,17-19,21,25,36H,3,5,7-9,13-16,30-31H2,1-2H3,(H,32,40)(H,33,39)(H,34,37)/b11-4+,26-20-. The molecular formula is C29H42N6O7S. The Balaban J connectivity index is 1.71. The third-order valence-corrected chi connectivity index (χ3v) is 8.74. The normalized spacial score (nSPS) is 22.7. The van der Waals surface area contributed by atoms with Crippen molar-refractivity contribution in [1.29, 1.82) is 0 Å². The van der Waals surface area contributed by atoms with E-state index in [2.05, 4.69) is 27.6 Å². The highest BCUT2D eigenvalue weighted by Crippen LogP contribution is 2.42. The van der Waals surface area contributed by atoms with Gasteiger partial charge in [0.1, 0.15) is 23.2 Å². The summed E-state index contributed by atoms with van der Waals surface area (Å²) in [5, 5.41) is 23.0. The number of esters is 1. The Hall–Kier alpha value is -3.62. The second-order valence-electron chi connectivity index (χ2n) is 11.1. The van der Waals surface area contributed by atoms with Gasteiger partial charge in [-0.15, -0.1) is 0 Å².